The van der Waals surface area contributed by atoms with Crippen LogP contribution in [0.15, 0.2) is 30.6 Å². The van der Waals surface area contributed by atoms with Crippen molar-refractivity contribution in [2.24, 2.45) is 0 Å². The first kappa shape index (κ1) is 14.9. The SMILES string of the molecule is COc1ccc(C(C)Nc2nccn3c(C4CC4)nnc23)cc1F. The molecular formula is C17H18FN5O. The lowest BCUT2D eigenvalue weighted by Gasteiger charge is -2.16. The summed E-state index contributed by atoms with van der Waals surface area (Å²) >= 11 is 0. The van der Waals surface area contributed by atoms with Gasteiger partial charge in [-0.1, -0.05) is 6.07 Å². The Labute approximate surface area is 138 Å². The van der Waals surface area contributed by atoms with E-state index in [1.165, 1.54) is 13.2 Å². The molecular weight excluding hydrogens is 309 g/mol. The van der Waals surface area contributed by atoms with E-state index in [0.29, 0.717) is 17.4 Å². The van der Waals surface area contributed by atoms with Gasteiger partial charge >= 0.3 is 0 Å². The molecule has 0 radical (unpaired) electrons. The number of ether oxygens (including phenoxy) is 1. The van der Waals surface area contributed by atoms with E-state index in [1.807, 2.05) is 23.6 Å². The number of anilines is 1. The van der Waals surface area contributed by atoms with Crippen LogP contribution < -0.4 is 10.1 Å². The molecule has 0 bridgehead atoms. The zero-order valence-electron chi connectivity index (χ0n) is 13.5. The summed E-state index contributed by atoms with van der Waals surface area (Å²) in [5.41, 5.74) is 1.50. The highest BCUT2D eigenvalue weighted by Gasteiger charge is 2.29. The summed E-state index contributed by atoms with van der Waals surface area (Å²) in [6.45, 7) is 1.95. The number of nitrogens with zero attached hydrogens (tertiary/aromatic N) is 4. The minimum absolute atomic E-state index is 0.134. The molecule has 2 aromatic heterocycles. The minimum Gasteiger partial charge on any atom is -0.494 e. The van der Waals surface area contributed by atoms with Crippen molar-refractivity contribution < 1.29 is 9.13 Å². The Balaban J connectivity index is 1.62. The highest BCUT2D eigenvalue weighted by atomic mass is 19.1. The Bertz CT molecular complexity index is 890. The van der Waals surface area contributed by atoms with Gasteiger partial charge in [-0.2, -0.15) is 0 Å². The molecule has 2 heterocycles. The maximum absolute atomic E-state index is 13.9. The molecule has 0 amide bonds. The number of benzene rings is 1. The summed E-state index contributed by atoms with van der Waals surface area (Å²) in [6, 6.07) is 4.79. The molecule has 1 aromatic carbocycles. The molecule has 124 valence electrons. The molecule has 1 saturated carbocycles. The number of aromatic nitrogens is 4. The van der Waals surface area contributed by atoms with Crippen LogP contribution in [0.4, 0.5) is 10.2 Å². The third-order valence-corrected chi connectivity index (χ3v) is 4.32. The van der Waals surface area contributed by atoms with Crippen LogP contribution in [0.25, 0.3) is 5.65 Å². The zero-order valence-corrected chi connectivity index (χ0v) is 13.5. The van der Waals surface area contributed by atoms with Crippen LogP contribution in [0.2, 0.25) is 0 Å². The van der Waals surface area contributed by atoms with Gasteiger partial charge in [0.05, 0.1) is 13.2 Å². The zero-order chi connectivity index (χ0) is 16.7. The fraction of sp³-hybridized carbons (Fsp3) is 0.353. The first-order chi connectivity index (χ1) is 11.7. The van der Waals surface area contributed by atoms with Crippen molar-refractivity contribution in [3.05, 3.63) is 47.8 Å². The maximum Gasteiger partial charge on any atom is 0.203 e. The van der Waals surface area contributed by atoms with Gasteiger partial charge in [-0.25, -0.2) is 9.37 Å². The molecule has 0 aliphatic heterocycles. The quantitative estimate of drug-likeness (QED) is 0.779. The fourth-order valence-corrected chi connectivity index (χ4v) is 2.81. The highest BCUT2D eigenvalue weighted by molar-refractivity contribution is 5.63. The van der Waals surface area contributed by atoms with Crippen LogP contribution in [0.5, 0.6) is 5.75 Å². The third-order valence-electron chi connectivity index (χ3n) is 4.32. The largest absolute Gasteiger partial charge is 0.494 e. The van der Waals surface area contributed by atoms with Gasteiger partial charge in [0, 0.05) is 18.3 Å². The fourth-order valence-electron chi connectivity index (χ4n) is 2.81. The molecule has 4 rings (SSSR count). The molecule has 1 unspecified atom stereocenters. The number of hydrogen-bond donors (Lipinski definition) is 1. The van der Waals surface area contributed by atoms with Gasteiger partial charge in [-0.15, -0.1) is 10.2 Å². The van der Waals surface area contributed by atoms with E-state index < -0.39 is 0 Å². The van der Waals surface area contributed by atoms with Crippen LogP contribution in [0, 0.1) is 5.82 Å². The number of fused-ring (bicyclic) bond motifs is 1. The van der Waals surface area contributed by atoms with E-state index in [4.69, 9.17) is 4.74 Å². The van der Waals surface area contributed by atoms with Crippen molar-refractivity contribution in [1.82, 2.24) is 19.6 Å². The summed E-state index contributed by atoms with van der Waals surface area (Å²) in [5.74, 6) is 1.98. The van der Waals surface area contributed by atoms with Gasteiger partial charge in [0.1, 0.15) is 5.82 Å². The van der Waals surface area contributed by atoms with Crippen LogP contribution in [-0.2, 0) is 0 Å². The second kappa shape index (κ2) is 5.74. The van der Waals surface area contributed by atoms with Crippen molar-refractivity contribution in [2.45, 2.75) is 31.7 Å². The van der Waals surface area contributed by atoms with Gasteiger partial charge in [-0.3, -0.25) is 4.40 Å². The van der Waals surface area contributed by atoms with Crippen LogP contribution in [0.3, 0.4) is 0 Å². The summed E-state index contributed by atoms with van der Waals surface area (Å²) in [7, 11) is 1.45. The lowest BCUT2D eigenvalue weighted by Crippen LogP contribution is -2.10. The molecule has 6 nitrogen and oxygen atoms in total. The number of nitrogens with one attached hydrogen (secondary N) is 1. The molecule has 0 spiro atoms. The summed E-state index contributed by atoms with van der Waals surface area (Å²) in [6.07, 6.45) is 5.93. The van der Waals surface area contributed by atoms with Gasteiger partial charge in [0.2, 0.25) is 5.65 Å². The molecule has 1 aliphatic carbocycles. The van der Waals surface area contributed by atoms with Gasteiger partial charge in [0.25, 0.3) is 0 Å². The second-order valence-corrected chi connectivity index (χ2v) is 6.06. The third kappa shape index (κ3) is 2.55. The molecule has 3 aromatic rings. The van der Waals surface area contributed by atoms with Crippen molar-refractivity contribution in [2.75, 3.05) is 12.4 Å². The predicted octanol–water partition coefficient (Wildman–Crippen LogP) is 3.32. The molecule has 1 N–H and O–H groups in total. The Morgan fingerprint density at radius 1 is 1.33 bits per heavy atom. The van der Waals surface area contributed by atoms with Gasteiger partial charge < -0.3 is 10.1 Å². The average molecular weight is 327 g/mol. The van der Waals surface area contributed by atoms with Crippen molar-refractivity contribution in [3.63, 3.8) is 0 Å². The minimum atomic E-state index is -0.381. The Hall–Kier alpha value is -2.70. The van der Waals surface area contributed by atoms with E-state index in [0.717, 1.165) is 24.2 Å². The number of halogens is 1. The summed E-state index contributed by atoms with van der Waals surface area (Å²) in [4.78, 5) is 4.37. The van der Waals surface area contributed by atoms with E-state index in [2.05, 4.69) is 20.5 Å². The lowest BCUT2D eigenvalue weighted by atomic mass is 10.1. The highest BCUT2D eigenvalue weighted by Crippen LogP contribution is 2.39. The first-order valence-corrected chi connectivity index (χ1v) is 7.97. The van der Waals surface area contributed by atoms with E-state index >= 15 is 0 Å². The molecule has 1 aliphatic rings. The topological polar surface area (TPSA) is 64.3 Å². The molecule has 1 fully saturated rings. The van der Waals surface area contributed by atoms with Crippen molar-refractivity contribution >= 4 is 11.5 Å². The number of methoxy groups -OCH3 is 1. The van der Waals surface area contributed by atoms with E-state index in [1.54, 1.807) is 12.3 Å². The number of hydrogen-bond acceptors (Lipinski definition) is 5. The normalized spacial score (nSPS) is 15.5. The lowest BCUT2D eigenvalue weighted by molar-refractivity contribution is 0.386. The Morgan fingerprint density at radius 2 is 2.17 bits per heavy atom. The average Bonchev–Trinajstić information content (AvgIpc) is 3.34. The predicted molar refractivity (Wildman–Crippen MR) is 87.7 cm³/mol. The standard InChI is InChI=1S/C17H18FN5O/c1-10(12-5-6-14(24-2)13(18)9-12)20-15-17-22-21-16(11-3-4-11)23(17)8-7-19-15/h5-11H,3-4H2,1-2H3,(H,19,20). The van der Waals surface area contributed by atoms with Gasteiger partial charge in [0.15, 0.2) is 17.4 Å². The molecule has 7 heteroatoms. The van der Waals surface area contributed by atoms with Gasteiger partial charge in [-0.05, 0) is 37.5 Å². The Morgan fingerprint density at radius 3 is 2.88 bits per heavy atom. The molecule has 0 saturated heterocycles. The van der Waals surface area contributed by atoms with Crippen LogP contribution in [0.1, 0.15) is 43.1 Å². The monoisotopic (exact) mass is 327 g/mol. The summed E-state index contributed by atoms with van der Waals surface area (Å²) < 4.78 is 20.8. The van der Waals surface area contributed by atoms with E-state index in [9.17, 15) is 4.39 Å². The Kier molecular flexibility index (Phi) is 3.55. The van der Waals surface area contributed by atoms with Crippen LogP contribution >= 0.6 is 0 Å². The smallest absolute Gasteiger partial charge is 0.203 e. The first-order valence-electron chi connectivity index (χ1n) is 7.97. The number of rotatable bonds is 5. The maximum atomic E-state index is 13.9. The van der Waals surface area contributed by atoms with Crippen molar-refractivity contribution in [1.29, 1.82) is 0 Å². The van der Waals surface area contributed by atoms with Crippen molar-refractivity contribution in [3.8, 4) is 5.75 Å². The molecule has 24 heavy (non-hydrogen) atoms. The summed E-state index contributed by atoms with van der Waals surface area (Å²) in [5, 5.41) is 11.9. The second-order valence-electron chi connectivity index (χ2n) is 6.06. The molecule has 1 atom stereocenters. The van der Waals surface area contributed by atoms with E-state index in [-0.39, 0.29) is 17.6 Å². The van der Waals surface area contributed by atoms with Crippen LogP contribution in [-0.4, -0.2) is 26.7 Å².